The number of ether oxygens (including phenoxy) is 1. The summed E-state index contributed by atoms with van der Waals surface area (Å²) in [4.78, 5) is 5.22. The standard InChI is InChI=1S/C18H28N2O/c1-3-15(2)21-18-9-6-8-16(13-18)20-12-11-19-10-5-4-7-17(19)14-20/h6,8-9,13,15,17H,3-5,7,10-12,14H2,1-2H3. The van der Waals surface area contributed by atoms with Crippen LogP contribution in [0.2, 0.25) is 0 Å². The first-order valence-corrected chi connectivity index (χ1v) is 8.52. The summed E-state index contributed by atoms with van der Waals surface area (Å²) in [5.74, 6) is 1.01. The summed E-state index contributed by atoms with van der Waals surface area (Å²) in [6, 6.07) is 9.39. The van der Waals surface area contributed by atoms with Crippen LogP contribution in [0.4, 0.5) is 5.69 Å². The van der Waals surface area contributed by atoms with Crippen molar-refractivity contribution in [3.05, 3.63) is 24.3 Å². The first-order valence-electron chi connectivity index (χ1n) is 8.52. The maximum Gasteiger partial charge on any atom is 0.121 e. The predicted octanol–water partition coefficient (Wildman–Crippen LogP) is 3.54. The average Bonchev–Trinajstić information content (AvgIpc) is 2.54. The zero-order chi connectivity index (χ0) is 14.7. The Morgan fingerprint density at radius 1 is 1.24 bits per heavy atom. The van der Waals surface area contributed by atoms with Crippen LogP contribution in [0.1, 0.15) is 39.5 Å². The molecule has 0 N–H and O–H groups in total. The maximum absolute atomic E-state index is 5.96. The molecule has 2 aliphatic rings. The smallest absolute Gasteiger partial charge is 0.121 e. The van der Waals surface area contributed by atoms with Gasteiger partial charge in [-0.15, -0.1) is 0 Å². The Balaban J connectivity index is 1.67. The molecule has 0 aromatic heterocycles. The highest BCUT2D eigenvalue weighted by atomic mass is 16.5. The van der Waals surface area contributed by atoms with Crippen molar-refractivity contribution >= 4 is 5.69 Å². The zero-order valence-corrected chi connectivity index (χ0v) is 13.4. The van der Waals surface area contributed by atoms with Crippen LogP contribution >= 0.6 is 0 Å². The van der Waals surface area contributed by atoms with Crippen LogP contribution < -0.4 is 9.64 Å². The van der Waals surface area contributed by atoms with E-state index in [1.165, 1.54) is 44.6 Å². The molecule has 116 valence electrons. The molecule has 2 unspecified atom stereocenters. The Hall–Kier alpha value is -1.22. The van der Waals surface area contributed by atoms with Crippen molar-refractivity contribution in [2.45, 2.75) is 51.7 Å². The van der Waals surface area contributed by atoms with Gasteiger partial charge in [0.2, 0.25) is 0 Å². The maximum atomic E-state index is 5.96. The van der Waals surface area contributed by atoms with E-state index in [1.807, 2.05) is 0 Å². The minimum absolute atomic E-state index is 0.287. The predicted molar refractivity (Wildman–Crippen MR) is 88.2 cm³/mol. The molecule has 3 rings (SSSR count). The van der Waals surface area contributed by atoms with Crippen molar-refractivity contribution < 1.29 is 4.74 Å². The second-order valence-corrected chi connectivity index (χ2v) is 6.47. The number of fused-ring (bicyclic) bond motifs is 1. The van der Waals surface area contributed by atoms with Gasteiger partial charge in [0.15, 0.2) is 0 Å². The van der Waals surface area contributed by atoms with Crippen molar-refractivity contribution in [1.82, 2.24) is 4.90 Å². The van der Waals surface area contributed by atoms with Crippen LogP contribution in [0.15, 0.2) is 24.3 Å². The normalized spacial score (nSPS) is 24.5. The molecule has 0 bridgehead atoms. The van der Waals surface area contributed by atoms with E-state index in [9.17, 15) is 0 Å². The van der Waals surface area contributed by atoms with E-state index in [2.05, 4.69) is 47.9 Å². The highest BCUT2D eigenvalue weighted by molar-refractivity contribution is 5.51. The van der Waals surface area contributed by atoms with Crippen molar-refractivity contribution in [3.63, 3.8) is 0 Å². The lowest BCUT2D eigenvalue weighted by Crippen LogP contribution is -2.54. The fourth-order valence-corrected chi connectivity index (χ4v) is 3.46. The topological polar surface area (TPSA) is 15.7 Å². The van der Waals surface area contributed by atoms with E-state index in [1.54, 1.807) is 0 Å². The third-order valence-electron chi connectivity index (χ3n) is 4.93. The Labute approximate surface area is 128 Å². The molecule has 21 heavy (non-hydrogen) atoms. The van der Waals surface area contributed by atoms with Gasteiger partial charge in [-0.25, -0.2) is 0 Å². The molecule has 2 fully saturated rings. The number of rotatable bonds is 4. The van der Waals surface area contributed by atoms with E-state index >= 15 is 0 Å². The molecular weight excluding hydrogens is 260 g/mol. The van der Waals surface area contributed by atoms with Gasteiger partial charge < -0.3 is 9.64 Å². The summed E-state index contributed by atoms with van der Waals surface area (Å²) in [5, 5.41) is 0. The van der Waals surface area contributed by atoms with E-state index in [4.69, 9.17) is 4.74 Å². The van der Waals surface area contributed by atoms with E-state index in [0.717, 1.165) is 24.8 Å². The summed E-state index contributed by atoms with van der Waals surface area (Å²) in [7, 11) is 0. The number of hydrogen-bond donors (Lipinski definition) is 0. The molecule has 0 radical (unpaired) electrons. The Morgan fingerprint density at radius 3 is 3.00 bits per heavy atom. The van der Waals surface area contributed by atoms with Crippen molar-refractivity contribution in [3.8, 4) is 5.75 Å². The van der Waals surface area contributed by atoms with E-state index in [0.29, 0.717) is 0 Å². The number of anilines is 1. The second kappa shape index (κ2) is 6.69. The molecule has 2 aliphatic heterocycles. The van der Waals surface area contributed by atoms with Crippen molar-refractivity contribution in [2.24, 2.45) is 0 Å². The van der Waals surface area contributed by atoms with Gasteiger partial charge in [0.25, 0.3) is 0 Å². The number of hydrogen-bond acceptors (Lipinski definition) is 3. The van der Waals surface area contributed by atoms with Gasteiger partial charge in [0.1, 0.15) is 5.75 Å². The van der Waals surface area contributed by atoms with Crippen LogP contribution in [0, 0.1) is 0 Å². The van der Waals surface area contributed by atoms with Crippen LogP contribution in [-0.4, -0.2) is 43.2 Å². The molecule has 0 spiro atoms. The molecule has 0 amide bonds. The van der Waals surface area contributed by atoms with Gasteiger partial charge in [-0.05, 0) is 44.9 Å². The SMILES string of the molecule is CCC(C)Oc1cccc(N2CCN3CCCCC3C2)c1. The summed E-state index contributed by atoms with van der Waals surface area (Å²) in [6.07, 6.45) is 5.47. The van der Waals surface area contributed by atoms with Gasteiger partial charge in [-0.1, -0.05) is 19.4 Å². The number of piperidine rings is 1. The molecule has 0 aliphatic carbocycles. The Morgan fingerprint density at radius 2 is 2.14 bits per heavy atom. The highest BCUT2D eigenvalue weighted by Gasteiger charge is 2.28. The van der Waals surface area contributed by atoms with Crippen molar-refractivity contribution in [2.75, 3.05) is 31.1 Å². The summed E-state index contributed by atoms with van der Waals surface area (Å²) in [5.41, 5.74) is 1.32. The van der Waals surface area contributed by atoms with Gasteiger partial charge in [-0.3, -0.25) is 4.90 Å². The van der Waals surface area contributed by atoms with Crippen LogP contribution in [0.3, 0.4) is 0 Å². The first-order chi connectivity index (χ1) is 10.3. The molecule has 1 aromatic rings. The first kappa shape index (κ1) is 14.7. The van der Waals surface area contributed by atoms with Gasteiger partial charge in [0, 0.05) is 37.4 Å². The fraction of sp³-hybridized carbons (Fsp3) is 0.667. The third-order valence-corrected chi connectivity index (χ3v) is 4.93. The molecule has 0 saturated carbocycles. The highest BCUT2D eigenvalue weighted by Crippen LogP contribution is 2.27. The lowest BCUT2D eigenvalue weighted by molar-refractivity contribution is 0.133. The molecule has 2 atom stereocenters. The Bertz CT molecular complexity index is 462. The second-order valence-electron chi connectivity index (χ2n) is 6.47. The summed E-state index contributed by atoms with van der Waals surface area (Å²) in [6.45, 7) is 9.12. The average molecular weight is 288 g/mol. The molecule has 1 aromatic carbocycles. The molecule has 2 saturated heterocycles. The fourth-order valence-electron chi connectivity index (χ4n) is 3.46. The third kappa shape index (κ3) is 3.52. The quantitative estimate of drug-likeness (QED) is 0.843. The summed E-state index contributed by atoms with van der Waals surface area (Å²) < 4.78 is 5.96. The molecule has 2 heterocycles. The van der Waals surface area contributed by atoms with Gasteiger partial charge in [0.05, 0.1) is 6.10 Å². The lowest BCUT2D eigenvalue weighted by atomic mass is 9.99. The number of piperazine rings is 1. The largest absolute Gasteiger partial charge is 0.491 e. The minimum Gasteiger partial charge on any atom is -0.491 e. The number of nitrogens with zero attached hydrogens (tertiary/aromatic N) is 2. The van der Waals surface area contributed by atoms with Gasteiger partial charge in [-0.2, -0.15) is 0 Å². The molecule has 3 nitrogen and oxygen atoms in total. The zero-order valence-electron chi connectivity index (χ0n) is 13.4. The lowest BCUT2D eigenvalue weighted by Gasteiger charge is -2.45. The minimum atomic E-state index is 0.287. The van der Waals surface area contributed by atoms with Crippen molar-refractivity contribution in [1.29, 1.82) is 0 Å². The van der Waals surface area contributed by atoms with E-state index < -0.39 is 0 Å². The van der Waals surface area contributed by atoms with Crippen LogP contribution in [0.25, 0.3) is 0 Å². The van der Waals surface area contributed by atoms with Crippen LogP contribution in [0.5, 0.6) is 5.75 Å². The number of benzene rings is 1. The summed E-state index contributed by atoms with van der Waals surface area (Å²) >= 11 is 0. The Kier molecular flexibility index (Phi) is 4.69. The van der Waals surface area contributed by atoms with E-state index in [-0.39, 0.29) is 6.10 Å². The molecular formula is C18H28N2O. The van der Waals surface area contributed by atoms with Gasteiger partial charge >= 0.3 is 0 Å². The monoisotopic (exact) mass is 288 g/mol. The van der Waals surface area contributed by atoms with Crippen LogP contribution in [-0.2, 0) is 0 Å². The molecule has 3 heteroatoms.